The van der Waals surface area contributed by atoms with Gasteiger partial charge < -0.3 is 16.8 Å². The zero-order valence-corrected chi connectivity index (χ0v) is 13.6. The van der Waals surface area contributed by atoms with Gasteiger partial charge >= 0.3 is 0 Å². The lowest BCUT2D eigenvalue weighted by Crippen LogP contribution is -2.41. The maximum atomic E-state index is 12.0. The van der Waals surface area contributed by atoms with Crippen molar-refractivity contribution < 1.29 is 4.79 Å². The molecule has 5 heteroatoms. The molecule has 0 aliphatic rings. The Balaban J connectivity index is 0.00000242. The lowest BCUT2D eigenvalue weighted by molar-refractivity contribution is -0.123. The normalized spacial score (nSPS) is 13.2. The van der Waals surface area contributed by atoms with Gasteiger partial charge in [-0.05, 0) is 48.7 Å². The predicted molar refractivity (Wildman–Crippen MR) is 94.0 cm³/mol. The second kappa shape index (κ2) is 8.73. The molecule has 120 valence electrons. The molecule has 2 aromatic carbocycles. The van der Waals surface area contributed by atoms with Crippen LogP contribution in [0.4, 0.5) is 0 Å². The molecule has 5 N–H and O–H groups in total. The van der Waals surface area contributed by atoms with E-state index in [4.69, 9.17) is 11.5 Å². The summed E-state index contributed by atoms with van der Waals surface area (Å²) in [6.45, 7) is 2.53. The number of nitrogens with two attached hydrogens (primary N) is 2. The van der Waals surface area contributed by atoms with E-state index < -0.39 is 6.04 Å². The highest BCUT2D eigenvalue weighted by atomic mass is 35.5. The number of carbonyl (C=O) groups excluding carboxylic acids is 1. The van der Waals surface area contributed by atoms with Crippen molar-refractivity contribution in [1.29, 1.82) is 0 Å². The molecular weight excluding hydrogens is 298 g/mol. The summed E-state index contributed by atoms with van der Waals surface area (Å²) >= 11 is 0. The molecule has 22 heavy (non-hydrogen) atoms. The predicted octanol–water partition coefficient (Wildman–Crippen LogP) is 2.51. The van der Waals surface area contributed by atoms with Crippen LogP contribution in [-0.4, -0.2) is 18.5 Å². The summed E-state index contributed by atoms with van der Waals surface area (Å²) in [6, 6.07) is 13.8. The number of rotatable bonds is 6. The van der Waals surface area contributed by atoms with Gasteiger partial charge in [-0.2, -0.15) is 0 Å². The molecule has 0 bridgehead atoms. The van der Waals surface area contributed by atoms with Gasteiger partial charge in [0.25, 0.3) is 0 Å². The monoisotopic (exact) mass is 321 g/mol. The zero-order valence-electron chi connectivity index (χ0n) is 12.8. The van der Waals surface area contributed by atoms with Crippen LogP contribution in [0.2, 0.25) is 0 Å². The van der Waals surface area contributed by atoms with E-state index in [-0.39, 0.29) is 24.4 Å². The third kappa shape index (κ3) is 4.70. The molecule has 2 aromatic rings. The highest BCUT2D eigenvalue weighted by Gasteiger charge is 2.16. The Morgan fingerprint density at radius 2 is 1.86 bits per heavy atom. The smallest absolute Gasteiger partial charge is 0.237 e. The molecule has 0 heterocycles. The van der Waals surface area contributed by atoms with Gasteiger partial charge in [0.1, 0.15) is 0 Å². The molecule has 0 unspecified atom stereocenters. The van der Waals surface area contributed by atoms with Crippen molar-refractivity contribution in [2.45, 2.75) is 31.8 Å². The summed E-state index contributed by atoms with van der Waals surface area (Å²) in [5.41, 5.74) is 12.4. The highest BCUT2D eigenvalue weighted by molar-refractivity contribution is 5.85. The zero-order chi connectivity index (χ0) is 15.2. The minimum atomic E-state index is -0.489. The third-order valence-electron chi connectivity index (χ3n) is 3.69. The van der Waals surface area contributed by atoms with Crippen LogP contribution in [-0.2, 0) is 4.79 Å². The van der Waals surface area contributed by atoms with Gasteiger partial charge in [0.2, 0.25) is 5.91 Å². The molecule has 0 spiro atoms. The molecule has 4 nitrogen and oxygen atoms in total. The second-order valence-electron chi connectivity index (χ2n) is 5.37. The molecule has 0 saturated heterocycles. The van der Waals surface area contributed by atoms with Crippen molar-refractivity contribution in [2.75, 3.05) is 6.54 Å². The summed E-state index contributed by atoms with van der Waals surface area (Å²) in [4.78, 5) is 12.0. The second-order valence-corrected chi connectivity index (χ2v) is 5.37. The molecule has 1 amide bonds. The number of amides is 1. The van der Waals surface area contributed by atoms with Crippen molar-refractivity contribution >= 4 is 29.1 Å². The minimum absolute atomic E-state index is 0. The average Bonchev–Trinajstić information content (AvgIpc) is 2.51. The first-order valence-corrected chi connectivity index (χ1v) is 7.36. The van der Waals surface area contributed by atoms with Crippen LogP contribution in [0.3, 0.4) is 0 Å². The number of carbonyl (C=O) groups is 1. The summed E-state index contributed by atoms with van der Waals surface area (Å²) in [7, 11) is 0. The fourth-order valence-electron chi connectivity index (χ4n) is 2.35. The molecule has 0 aliphatic carbocycles. The molecule has 2 rings (SSSR count). The SMILES string of the molecule is C[C@H](NC(=O)[C@H](N)CCCN)c1ccc2ccccc2c1.Cl. The number of hydrogen-bond donors (Lipinski definition) is 3. The summed E-state index contributed by atoms with van der Waals surface area (Å²) in [5, 5.41) is 5.33. The van der Waals surface area contributed by atoms with Crippen LogP contribution < -0.4 is 16.8 Å². The third-order valence-corrected chi connectivity index (χ3v) is 3.69. The van der Waals surface area contributed by atoms with E-state index in [2.05, 4.69) is 29.6 Å². The summed E-state index contributed by atoms with van der Waals surface area (Å²) in [5.74, 6) is -0.121. The van der Waals surface area contributed by atoms with Crippen molar-refractivity contribution in [3.05, 3.63) is 48.0 Å². The number of nitrogens with one attached hydrogen (secondary N) is 1. The molecule has 0 aromatic heterocycles. The molecule has 0 aliphatic heterocycles. The average molecular weight is 322 g/mol. The number of benzene rings is 2. The van der Waals surface area contributed by atoms with E-state index in [9.17, 15) is 4.79 Å². The minimum Gasteiger partial charge on any atom is -0.348 e. The van der Waals surface area contributed by atoms with Gasteiger partial charge in [-0.15, -0.1) is 12.4 Å². The lowest BCUT2D eigenvalue weighted by atomic mass is 10.0. The first-order chi connectivity index (χ1) is 10.1. The number of hydrogen-bond acceptors (Lipinski definition) is 3. The van der Waals surface area contributed by atoms with Gasteiger partial charge in [0, 0.05) is 0 Å². The van der Waals surface area contributed by atoms with Crippen LogP contribution in [0.15, 0.2) is 42.5 Å². The van der Waals surface area contributed by atoms with Crippen LogP contribution in [0, 0.1) is 0 Å². The first-order valence-electron chi connectivity index (χ1n) is 7.36. The van der Waals surface area contributed by atoms with Gasteiger partial charge in [0.05, 0.1) is 12.1 Å². The maximum absolute atomic E-state index is 12.0. The molecule has 0 radical (unpaired) electrons. The Kier molecular flexibility index (Phi) is 7.32. The number of fused-ring (bicyclic) bond motifs is 1. The quantitative estimate of drug-likeness (QED) is 0.764. The lowest BCUT2D eigenvalue weighted by Gasteiger charge is -2.18. The molecule has 0 fully saturated rings. The topological polar surface area (TPSA) is 81.1 Å². The van der Waals surface area contributed by atoms with E-state index >= 15 is 0 Å². The van der Waals surface area contributed by atoms with E-state index in [0.29, 0.717) is 13.0 Å². The van der Waals surface area contributed by atoms with Crippen LogP contribution in [0.5, 0.6) is 0 Å². The van der Waals surface area contributed by atoms with Gasteiger partial charge in [0.15, 0.2) is 0 Å². The van der Waals surface area contributed by atoms with E-state index in [1.165, 1.54) is 10.8 Å². The van der Waals surface area contributed by atoms with Gasteiger partial charge in [-0.25, -0.2) is 0 Å². The Morgan fingerprint density at radius 1 is 1.18 bits per heavy atom. The van der Waals surface area contributed by atoms with Gasteiger partial charge in [-0.3, -0.25) is 4.79 Å². The Hall–Kier alpha value is -1.62. The van der Waals surface area contributed by atoms with E-state index in [0.717, 1.165) is 12.0 Å². The fourth-order valence-corrected chi connectivity index (χ4v) is 2.35. The fraction of sp³-hybridized carbons (Fsp3) is 0.353. The first kappa shape index (κ1) is 18.4. The van der Waals surface area contributed by atoms with Crippen molar-refractivity contribution in [3.63, 3.8) is 0 Å². The highest BCUT2D eigenvalue weighted by Crippen LogP contribution is 2.20. The van der Waals surface area contributed by atoms with Crippen LogP contribution in [0.25, 0.3) is 10.8 Å². The van der Waals surface area contributed by atoms with Crippen LogP contribution >= 0.6 is 12.4 Å². The van der Waals surface area contributed by atoms with Crippen molar-refractivity contribution in [1.82, 2.24) is 5.32 Å². The summed E-state index contributed by atoms with van der Waals surface area (Å²) in [6.07, 6.45) is 1.38. The standard InChI is InChI=1S/C17H23N3O.ClH/c1-12(20-17(21)16(19)7-4-10-18)14-9-8-13-5-2-3-6-15(13)11-14;/h2-3,5-6,8-9,11-12,16H,4,7,10,18-19H2,1H3,(H,20,21);1H/t12-,16+;/m0./s1. The van der Waals surface area contributed by atoms with E-state index in [1.54, 1.807) is 0 Å². The van der Waals surface area contributed by atoms with Crippen LogP contribution in [0.1, 0.15) is 31.4 Å². The molecular formula is C17H24ClN3O. The summed E-state index contributed by atoms with van der Waals surface area (Å²) < 4.78 is 0. The van der Waals surface area contributed by atoms with Crippen molar-refractivity contribution in [3.8, 4) is 0 Å². The van der Waals surface area contributed by atoms with E-state index in [1.807, 2.05) is 25.1 Å². The Bertz CT molecular complexity index is 618. The maximum Gasteiger partial charge on any atom is 0.237 e. The largest absolute Gasteiger partial charge is 0.348 e. The van der Waals surface area contributed by atoms with Crippen molar-refractivity contribution in [2.24, 2.45) is 11.5 Å². The molecule has 2 atom stereocenters. The molecule has 0 saturated carbocycles. The Labute approximate surface area is 137 Å². The number of halogens is 1. The van der Waals surface area contributed by atoms with Gasteiger partial charge in [-0.1, -0.05) is 36.4 Å². The Morgan fingerprint density at radius 3 is 2.55 bits per heavy atom.